The van der Waals surface area contributed by atoms with E-state index in [0.717, 1.165) is 12.8 Å². The third-order valence-electron chi connectivity index (χ3n) is 3.95. The van der Waals surface area contributed by atoms with Gasteiger partial charge in [-0.15, -0.1) is 0 Å². The van der Waals surface area contributed by atoms with Crippen LogP contribution in [0.3, 0.4) is 0 Å². The highest BCUT2D eigenvalue weighted by Crippen LogP contribution is 2.31. The zero-order chi connectivity index (χ0) is 13.1. The van der Waals surface area contributed by atoms with Crippen molar-refractivity contribution in [1.29, 1.82) is 0 Å². The lowest BCUT2D eigenvalue weighted by Crippen LogP contribution is -2.42. The summed E-state index contributed by atoms with van der Waals surface area (Å²) in [7, 11) is 2.19. The highest BCUT2D eigenvalue weighted by atomic mass is 16.3. The Bertz CT molecular complexity index is 342. The van der Waals surface area contributed by atoms with Crippen LogP contribution in [-0.2, 0) is 0 Å². The van der Waals surface area contributed by atoms with Gasteiger partial charge in [0.15, 0.2) is 0 Å². The number of phenolic OH excluding ortho intramolecular Hbond substituents is 1. The molecule has 0 saturated heterocycles. The molecule has 0 aliphatic rings. The molecule has 0 spiro atoms. The topological polar surface area (TPSA) is 23.5 Å². The van der Waals surface area contributed by atoms with E-state index in [-0.39, 0.29) is 5.54 Å². The van der Waals surface area contributed by atoms with Gasteiger partial charge in [-0.05, 0) is 51.4 Å². The number of hydrogen-bond acceptors (Lipinski definition) is 2. The van der Waals surface area contributed by atoms with Crippen molar-refractivity contribution >= 4 is 0 Å². The smallest absolute Gasteiger partial charge is 0.115 e. The second kappa shape index (κ2) is 5.54. The van der Waals surface area contributed by atoms with Gasteiger partial charge in [-0.2, -0.15) is 0 Å². The first-order chi connectivity index (χ1) is 7.92. The molecule has 0 bridgehead atoms. The van der Waals surface area contributed by atoms with E-state index in [0.29, 0.717) is 11.8 Å². The standard InChI is InChI=1S/C15H25NO/c1-6-14(16(5)15(3,4)7-2)12-8-10-13(17)11-9-12/h8-11,14,17H,6-7H2,1-5H3. The van der Waals surface area contributed by atoms with Crippen molar-refractivity contribution in [3.8, 4) is 5.75 Å². The highest BCUT2D eigenvalue weighted by Gasteiger charge is 2.27. The van der Waals surface area contributed by atoms with Crippen LogP contribution in [0.5, 0.6) is 5.75 Å². The number of rotatable bonds is 5. The van der Waals surface area contributed by atoms with Crippen molar-refractivity contribution < 1.29 is 5.11 Å². The lowest BCUT2D eigenvalue weighted by Gasteiger charge is -2.40. The normalized spacial score (nSPS) is 14.0. The minimum atomic E-state index is 0.193. The summed E-state index contributed by atoms with van der Waals surface area (Å²) >= 11 is 0. The molecule has 0 radical (unpaired) electrons. The Labute approximate surface area is 105 Å². The number of nitrogens with zero attached hydrogens (tertiary/aromatic N) is 1. The SMILES string of the molecule is CCC(c1ccc(O)cc1)N(C)C(C)(C)CC. The van der Waals surface area contributed by atoms with Crippen LogP contribution in [0, 0.1) is 0 Å². The van der Waals surface area contributed by atoms with Crippen LogP contribution in [0.25, 0.3) is 0 Å². The average molecular weight is 235 g/mol. The van der Waals surface area contributed by atoms with E-state index < -0.39 is 0 Å². The Morgan fingerprint density at radius 1 is 1.18 bits per heavy atom. The Kier molecular flexibility index (Phi) is 4.58. The minimum Gasteiger partial charge on any atom is -0.508 e. The summed E-state index contributed by atoms with van der Waals surface area (Å²) in [4.78, 5) is 2.43. The van der Waals surface area contributed by atoms with E-state index in [2.05, 4.69) is 39.6 Å². The van der Waals surface area contributed by atoms with E-state index in [9.17, 15) is 5.11 Å². The zero-order valence-corrected chi connectivity index (χ0v) is 11.7. The van der Waals surface area contributed by atoms with E-state index in [1.807, 2.05) is 12.1 Å². The first-order valence-electron chi connectivity index (χ1n) is 6.44. The molecule has 0 aliphatic heterocycles. The summed E-state index contributed by atoms with van der Waals surface area (Å²) in [5.41, 5.74) is 1.47. The lowest BCUT2D eigenvalue weighted by atomic mass is 9.93. The maximum atomic E-state index is 9.34. The predicted molar refractivity (Wildman–Crippen MR) is 73.3 cm³/mol. The van der Waals surface area contributed by atoms with Crippen molar-refractivity contribution in [3.05, 3.63) is 29.8 Å². The van der Waals surface area contributed by atoms with Crippen molar-refractivity contribution in [2.45, 2.75) is 52.1 Å². The molecular weight excluding hydrogens is 210 g/mol. The average Bonchev–Trinajstić information content (AvgIpc) is 2.32. The summed E-state index contributed by atoms with van der Waals surface area (Å²) < 4.78 is 0. The van der Waals surface area contributed by atoms with Gasteiger partial charge in [-0.1, -0.05) is 26.0 Å². The summed E-state index contributed by atoms with van der Waals surface area (Å²) in [6, 6.07) is 7.98. The fraction of sp³-hybridized carbons (Fsp3) is 0.600. The fourth-order valence-corrected chi connectivity index (χ4v) is 2.10. The second-order valence-corrected chi connectivity index (χ2v) is 5.29. The Morgan fingerprint density at radius 3 is 2.12 bits per heavy atom. The van der Waals surface area contributed by atoms with Gasteiger partial charge in [0.1, 0.15) is 5.75 Å². The molecule has 1 aromatic carbocycles. The van der Waals surface area contributed by atoms with Crippen molar-refractivity contribution in [3.63, 3.8) is 0 Å². The Hall–Kier alpha value is -1.02. The van der Waals surface area contributed by atoms with Crippen LogP contribution in [0.1, 0.15) is 52.1 Å². The maximum Gasteiger partial charge on any atom is 0.115 e. The Balaban J connectivity index is 2.95. The first-order valence-corrected chi connectivity index (χ1v) is 6.44. The molecule has 0 fully saturated rings. The monoisotopic (exact) mass is 235 g/mol. The van der Waals surface area contributed by atoms with Crippen molar-refractivity contribution in [2.24, 2.45) is 0 Å². The highest BCUT2D eigenvalue weighted by molar-refractivity contribution is 5.28. The molecule has 2 nitrogen and oxygen atoms in total. The maximum absolute atomic E-state index is 9.34. The van der Waals surface area contributed by atoms with Gasteiger partial charge in [0, 0.05) is 11.6 Å². The molecule has 1 unspecified atom stereocenters. The lowest BCUT2D eigenvalue weighted by molar-refractivity contribution is 0.0941. The number of phenols is 1. The minimum absolute atomic E-state index is 0.193. The Morgan fingerprint density at radius 2 is 1.71 bits per heavy atom. The molecule has 0 aliphatic carbocycles. The van der Waals surface area contributed by atoms with Crippen molar-refractivity contribution in [1.82, 2.24) is 4.90 Å². The summed E-state index contributed by atoms with van der Waals surface area (Å²) in [6.45, 7) is 8.98. The van der Waals surface area contributed by atoms with Crippen LogP contribution < -0.4 is 0 Å². The molecule has 1 aromatic rings. The third kappa shape index (κ3) is 3.22. The molecule has 1 atom stereocenters. The quantitative estimate of drug-likeness (QED) is 0.835. The molecule has 96 valence electrons. The summed E-state index contributed by atoms with van der Waals surface area (Å²) in [5, 5.41) is 9.34. The van der Waals surface area contributed by atoms with E-state index >= 15 is 0 Å². The van der Waals surface area contributed by atoms with Crippen LogP contribution in [0.2, 0.25) is 0 Å². The third-order valence-corrected chi connectivity index (χ3v) is 3.95. The molecule has 2 heteroatoms. The molecule has 1 rings (SSSR count). The van der Waals surface area contributed by atoms with Crippen molar-refractivity contribution in [2.75, 3.05) is 7.05 Å². The molecule has 0 aromatic heterocycles. The van der Waals surface area contributed by atoms with Crippen LogP contribution >= 0.6 is 0 Å². The van der Waals surface area contributed by atoms with Gasteiger partial charge in [0.05, 0.1) is 0 Å². The van der Waals surface area contributed by atoms with Gasteiger partial charge >= 0.3 is 0 Å². The largest absolute Gasteiger partial charge is 0.508 e. The molecule has 0 amide bonds. The van der Waals surface area contributed by atoms with Crippen LogP contribution in [0.4, 0.5) is 0 Å². The second-order valence-electron chi connectivity index (χ2n) is 5.29. The van der Waals surface area contributed by atoms with Crippen LogP contribution in [-0.4, -0.2) is 22.6 Å². The fourth-order valence-electron chi connectivity index (χ4n) is 2.10. The first kappa shape index (κ1) is 14.0. The molecule has 17 heavy (non-hydrogen) atoms. The molecule has 0 heterocycles. The zero-order valence-electron chi connectivity index (χ0n) is 11.7. The van der Waals surface area contributed by atoms with E-state index in [1.54, 1.807) is 12.1 Å². The van der Waals surface area contributed by atoms with Gasteiger partial charge in [0.25, 0.3) is 0 Å². The van der Waals surface area contributed by atoms with Gasteiger partial charge in [-0.3, -0.25) is 4.90 Å². The summed E-state index contributed by atoms with van der Waals surface area (Å²) in [6.07, 6.45) is 2.20. The predicted octanol–water partition coefficient (Wildman–Crippen LogP) is 3.96. The molecular formula is C15H25NO. The van der Waals surface area contributed by atoms with E-state index in [1.165, 1.54) is 5.56 Å². The number of benzene rings is 1. The van der Waals surface area contributed by atoms with Crippen LogP contribution in [0.15, 0.2) is 24.3 Å². The van der Waals surface area contributed by atoms with Gasteiger partial charge < -0.3 is 5.11 Å². The van der Waals surface area contributed by atoms with Gasteiger partial charge in [0.2, 0.25) is 0 Å². The summed E-state index contributed by atoms with van der Waals surface area (Å²) in [5.74, 6) is 0.334. The number of hydrogen-bond donors (Lipinski definition) is 1. The molecule has 1 N–H and O–H groups in total. The molecule has 0 saturated carbocycles. The van der Waals surface area contributed by atoms with E-state index in [4.69, 9.17) is 0 Å². The number of aromatic hydroxyl groups is 1. The van der Waals surface area contributed by atoms with Gasteiger partial charge in [-0.25, -0.2) is 0 Å².